The van der Waals surface area contributed by atoms with E-state index in [1.54, 1.807) is 34.0 Å². The second-order valence-corrected chi connectivity index (χ2v) is 7.89. The summed E-state index contributed by atoms with van der Waals surface area (Å²) < 4.78 is 1.18. The fraction of sp³-hybridized carbons (Fsp3) is 0.133. The molecule has 0 saturated heterocycles. The standard InChI is InChI=1S/C15H12N4S3/c1-8-13(21-9(2)16-8)11-7-20-14(18-11)19-15-17-10-5-3-4-6-12(10)22-15/h3-7H,1-2H3,(H,17,18,19). The number of hydrogen-bond acceptors (Lipinski definition) is 7. The van der Waals surface area contributed by atoms with E-state index in [9.17, 15) is 0 Å². The minimum atomic E-state index is 0.861. The van der Waals surface area contributed by atoms with Gasteiger partial charge in [0.05, 0.1) is 31.5 Å². The van der Waals surface area contributed by atoms with Crippen LogP contribution < -0.4 is 5.32 Å². The normalized spacial score (nSPS) is 11.2. The first-order valence-corrected chi connectivity index (χ1v) is 9.23. The number of nitrogens with one attached hydrogen (secondary N) is 1. The SMILES string of the molecule is Cc1nc(C)c(-c2csc(Nc3nc4ccccc4s3)n2)s1. The number of anilines is 2. The zero-order chi connectivity index (χ0) is 15.1. The third-order valence-electron chi connectivity index (χ3n) is 3.15. The zero-order valence-corrected chi connectivity index (χ0v) is 14.4. The molecule has 0 aliphatic rings. The highest BCUT2D eigenvalue weighted by Gasteiger charge is 2.12. The van der Waals surface area contributed by atoms with Gasteiger partial charge < -0.3 is 5.32 Å². The minimum Gasteiger partial charge on any atom is -0.307 e. The lowest BCUT2D eigenvalue weighted by molar-refractivity contribution is 1.20. The van der Waals surface area contributed by atoms with Gasteiger partial charge in [-0.2, -0.15) is 0 Å². The van der Waals surface area contributed by atoms with Crippen LogP contribution in [0.4, 0.5) is 10.3 Å². The Morgan fingerprint density at radius 2 is 1.82 bits per heavy atom. The van der Waals surface area contributed by atoms with Crippen LogP contribution in [0.3, 0.4) is 0 Å². The fourth-order valence-corrected chi connectivity index (χ4v) is 4.81. The van der Waals surface area contributed by atoms with Gasteiger partial charge in [0.15, 0.2) is 10.3 Å². The van der Waals surface area contributed by atoms with E-state index in [1.165, 1.54) is 4.70 Å². The molecule has 0 saturated carbocycles. The number of fused-ring (bicyclic) bond motifs is 1. The largest absolute Gasteiger partial charge is 0.307 e. The second-order valence-electron chi connectivity index (χ2n) is 4.80. The number of thiazole rings is 3. The molecule has 4 aromatic rings. The fourth-order valence-electron chi connectivity index (χ4n) is 2.22. The van der Waals surface area contributed by atoms with Crippen molar-refractivity contribution in [3.63, 3.8) is 0 Å². The summed E-state index contributed by atoms with van der Waals surface area (Å²) in [5, 5.41) is 8.18. The molecular formula is C15H12N4S3. The predicted octanol–water partition coefficient (Wildman–Crippen LogP) is 5.24. The van der Waals surface area contributed by atoms with Crippen LogP contribution in [0.25, 0.3) is 20.8 Å². The first-order valence-electron chi connectivity index (χ1n) is 6.71. The van der Waals surface area contributed by atoms with E-state index in [0.29, 0.717) is 0 Å². The van der Waals surface area contributed by atoms with E-state index in [2.05, 4.69) is 31.7 Å². The molecule has 0 aliphatic carbocycles. The lowest BCUT2D eigenvalue weighted by Crippen LogP contribution is -1.88. The maximum atomic E-state index is 4.66. The van der Waals surface area contributed by atoms with Crippen molar-refractivity contribution in [1.29, 1.82) is 0 Å². The summed E-state index contributed by atoms with van der Waals surface area (Å²) in [5.74, 6) is 0. The van der Waals surface area contributed by atoms with Crippen LogP contribution >= 0.6 is 34.0 Å². The lowest BCUT2D eigenvalue weighted by Gasteiger charge is -1.95. The maximum absolute atomic E-state index is 4.66. The summed E-state index contributed by atoms with van der Waals surface area (Å²) in [4.78, 5) is 14.8. The molecule has 0 fully saturated rings. The molecule has 0 aliphatic heterocycles. The summed E-state index contributed by atoms with van der Waals surface area (Å²) in [6.07, 6.45) is 0. The van der Waals surface area contributed by atoms with E-state index < -0.39 is 0 Å². The lowest BCUT2D eigenvalue weighted by atomic mass is 10.3. The highest BCUT2D eigenvalue weighted by molar-refractivity contribution is 7.22. The van der Waals surface area contributed by atoms with Gasteiger partial charge in [-0.15, -0.1) is 22.7 Å². The second kappa shape index (κ2) is 5.42. The Labute approximate surface area is 139 Å². The Kier molecular flexibility index (Phi) is 3.40. The molecule has 0 unspecified atom stereocenters. The van der Waals surface area contributed by atoms with Gasteiger partial charge >= 0.3 is 0 Å². The Morgan fingerprint density at radius 3 is 2.59 bits per heavy atom. The highest BCUT2D eigenvalue weighted by atomic mass is 32.1. The third-order valence-corrected chi connectivity index (χ3v) is 5.95. The third kappa shape index (κ3) is 2.51. The molecule has 0 spiro atoms. The van der Waals surface area contributed by atoms with Gasteiger partial charge in [0.25, 0.3) is 0 Å². The van der Waals surface area contributed by atoms with Crippen LogP contribution in [0, 0.1) is 13.8 Å². The number of aromatic nitrogens is 3. The molecule has 7 heteroatoms. The van der Waals surface area contributed by atoms with Crippen LogP contribution in [0.15, 0.2) is 29.6 Å². The number of benzene rings is 1. The van der Waals surface area contributed by atoms with Crippen LogP contribution in [0.1, 0.15) is 10.7 Å². The van der Waals surface area contributed by atoms with Crippen LogP contribution in [-0.4, -0.2) is 15.0 Å². The Morgan fingerprint density at radius 1 is 0.955 bits per heavy atom. The molecule has 4 rings (SSSR count). The number of aryl methyl sites for hydroxylation is 2. The summed E-state index contributed by atoms with van der Waals surface area (Å²) in [7, 11) is 0. The average Bonchev–Trinajstić information content (AvgIpc) is 3.17. The summed E-state index contributed by atoms with van der Waals surface area (Å²) in [5.41, 5.74) is 3.04. The molecular weight excluding hydrogens is 332 g/mol. The quantitative estimate of drug-likeness (QED) is 0.552. The minimum absolute atomic E-state index is 0.861. The van der Waals surface area contributed by atoms with Gasteiger partial charge in [-0.25, -0.2) is 15.0 Å². The van der Waals surface area contributed by atoms with Gasteiger partial charge in [0.2, 0.25) is 0 Å². The molecule has 3 heterocycles. The molecule has 110 valence electrons. The topological polar surface area (TPSA) is 50.7 Å². The van der Waals surface area contributed by atoms with E-state index in [1.807, 2.05) is 32.0 Å². The molecule has 0 atom stereocenters. The van der Waals surface area contributed by atoms with Crippen molar-refractivity contribution in [1.82, 2.24) is 15.0 Å². The number of rotatable bonds is 3. The smallest absolute Gasteiger partial charge is 0.190 e. The molecule has 4 nitrogen and oxygen atoms in total. The maximum Gasteiger partial charge on any atom is 0.190 e. The van der Waals surface area contributed by atoms with E-state index in [4.69, 9.17) is 0 Å². The van der Waals surface area contributed by atoms with Crippen molar-refractivity contribution >= 4 is 54.5 Å². The van der Waals surface area contributed by atoms with Gasteiger partial charge in [-0.1, -0.05) is 23.5 Å². The number of nitrogens with zero attached hydrogens (tertiary/aromatic N) is 3. The Bertz CT molecular complexity index is 918. The van der Waals surface area contributed by atoms with Gasteiger partial charge in [0, 0.05) is 5.38 Å². The first-order chi connectivity index (χ1) is 10.7. The molecule has 1 N–H and O–H groups in total. The molecule has 0 bridgehead atoms. The van der Waals surface area contributed by atoms with Crippen molar-refractivity contribution in [3.8, 4) is 10.6 Å². The van der Waals surface area contributed by atoms with Crippen LogP contribution in [0.5, 0.6) is 0 Å². The molecule has 3 aromatic heterocycles. The summed E-state index contributed by atoms with van der Waals surface area (Å²) in [6.45, 7) is 4.05. The van der Waals surface area contributed by atoms with Crippen molar-refractivity contribution in [2.24, 2.45) is 0 Å². The average molecular weight is 344 g/mol. The number of para-hydroxylation sites is 1. The molecule has 1 aromatic carbocycles. The predicted molar refractivity (Wildman–Crippen MR) is 95.6 cm³/mol. The number of hydrogen-bond donors (Lipinski definition) is 1. The Hall–Kier alpha value is -1.83. The summed E-state index contributed by atoms with van der Waals surface area (Å²) >= 11 is 4.91. The van der Waals surface area contributed by atoms with Gasteiger partial charge in [-0.05, 0) is 26.0 Å². The van der Waals surface area contributed by atoms with Crippen LogP contribution in [-0.2, 0) is 0 Å². The molecule has 0 radical (unpaired) electrons. The molecule has 22 heavy (non-hydrogen) atoms. The van der Waals surface area contributed by atoms with Crippen molar-refractivity contribution < 1.29 is 0 Å². The zero-order valence-electron chi connectivity index (χ0n) is 12.0. The van der Waals surface area contributed by atoms with Gasteiger partial charge in [-0.3, -0.25) is 0 Å². The van der Waals surface area contributed by atoms with Crippen LogP contribution in [0.2, 0.25) is 0 Å². The van der Waals surface area contributed by atoms with E-state index in [0.717, 1.165) is 37.1 Å². The van der Waals surface area contributed by atoms with Crippen molar-refractivity contribution in [3.05, 3.63) is 40.3 Å². The first kappa shape index (κ1) is 13.8. The van der Waals surface area contributed by atoms with E-state index in [-0.39, 0.29) is 0 Å². The van der Waals surface area contributed by atoms with Crippen molar-refractivity contribution in [2.45, 2.75) is 13.8 Å². The highest BCUT2D eigenvalue weighted by Crippen LogP contribution is 2.34. The monoisotopic (exact) mass is 344 g/mol. The summed E-state index contributed by atoms with van der Waals surface area (Å²) in [6, 6.07) is 8.13. The van der Waals surface area contributed by atoms with Gasteiger partial charge in [0.1, 0.15) is 0 Å². The molecule has 0 amide bonds. The van der Waals surface area contributed by atoms with Crippen molar-refractivity contribution in [2.75, 3.05) is 5.32 Å². The van der Waals surface area contributed by atoms with E-state index >= 15 is 0 Å². The Balaban J connectivity index is 1.63.